The van der Waals surface area contributed by atoms with Gasteiger partial charge in [0, 0.05) is 23.8 Å². The van der Waals surface area contributed by atoms with Crippen molar-refractivity contribution in [3.63, 3.8) is 0 Å². The Labute approximate surface area is 502 Å². The van der Waals surface area contributed by atoms with Crippen LogP contribution in [0, 0.1) is 0 Å². The molecule has 50 heteroatoms. The lowest BCUT2D eigenvalue weighted by Gasteiger charge is -2.45. The highest BCUT2D eigenvalue weighted by Crippen LogP contribution is 2.39. The molecular weight excluding hydrogens is 1330 g/mol. The summed E-state index contributed by atoms with van der Waals surface area (Å²) >= 11 is 8.97. The van der Waals surface area contributed by atoms with E-state index in [9.17, 15) is 68.8 Å². The zero-order valence-electron chi connectivity index (χ0n) is 38.1. The van der Waals surface area contributed by atoms with Gasteiger partial charge in [-0.15, -0.1) is 0 Å². The lowest BCUT2D eigenvalue weighted by atomic mass is 9.98. The molecule has 0 bridgehead atoms. The molecule has 3 heterocycles. The Bertz CT molecular complexity index is 3520. The molecule has 3 aromatic rings. The summed E-state index contributed by atoms with van der Waals surface area (Å²) in [6, 6.07) is 5.83. The molecule has 2 fully saturated rings. The monoisotopic (exact) mass is 1350 g/mol. The molecule has 36 nitrogen and oxygen atoms in total. The Morgan fingerprint density at radius 2 is 0.974 bits per heavy atom. The van der Waals surface area contributed by atoms with Gasteiger partial charge in [-0.2, -0.15) is 58.9 Å². The number of ether oxygens (including phenoxy) is 5. The lowest BCUT2D eigenvalue weighted by Crippen LogP contribution is -2.65. The molecule has 14 radical (unpaired) electrons. The molecule has 0 saturated carbocycles. The second-order valence-corrected chi connectivity index (χ2v) is 26.8. The van der Waals surface area contributed by atoms with Crippen LogP contribution >= 0.6 is 0 Å². The number of phenolic OH excluding ortho intramolecular Hbond substituents is 1. The first-order valence-electron chi connectivity index (χ1n) is 19.4. The van der Waals surface area contributed by atoms with Crippen LogP contribution in [0.1, 0.15) is 6.92 Å². The van der Waals surface area contributed by atoms with E-state index in [1.165, 1.54) is 128 Å². The number of hydrogen-bond donors (Lipinski definition) is 1. The van der Waals surface area contributed by atoms with Crippen LogP contribution in [0.5, 0.6) is 23.0 Å². The summed E-state index contributed by atoms with van der Waals surface area (Å²) in [7, 11) is -35.8. The van der Waals surface area contributed by atoms with E-state index in [0.717, 1.165) is 32.2 Å². The first-order chi connectivity index (χ1) is 36.1. The molecule has 5 rings (SSSR count). The second kappa shape index (κ2) is 27.7. The number of hydrogen-bond acceptors (Lipinski definition) is 36. The summed E-state index contributed by atoms with van der Waals surface area (Å²) in [5.74, 6) is -2.70. The molecule has 2 aliphatic rings. The third-order valence-corrected chi connectivity index (χ3v) is 19.3. The number of methoxy groups -OCH3 is 1. The number of phenols is 1. The Kier molecular flexibility index (Phi) is 24.3. The van der Waals surface area contributed by atoms with Gasteiger partial charge in [0.05, 0.1) is 19.8 Å². The summed E-state index contributed by atoms with van der Waals surface area (Å²) in [5, 5.41) is 10.6. The maximum Gasteiger partial charge on any atom is 0.419 e. The summed E-state index contributed by atoms with van der Waals surface area (Å²) in [6.45, 7) is -0.472. The predicted octanol–water partition coefficient (Wildman–Crippen LogP) is -5.86. The third-order valence-electron chi connectivity index (χ3n) is 9.62. The predicted molar refractivity (Wildman–Crippen MR) is 246 cm³/mol. The number of aromatic hydroxyl groups is 1. The van der Waals surface area contributed by atoms with Crippen LogP contribution in [0.2, 0.25) is 0 Å². The average molecular weight is 1350 g/mol. The van der Waals surface area contributed by atoms with Gasteiger partial charge in [-0.1, -0.05) is 0 Å². The van der Waals surface area contributed by atoms with Gasteiger partial charge in [-0.25, -0.2) is 25.1 Å². The molecule has 0 aliphatic carbocycles. The van der Waals surface area contributed by atoms with Crippen molar-refractivity contribution in [2.24, 2.45) is 0 Å². The molecule has 0 amide bonds. The highest BCUT2D eigenvalue weighted by Gasteiger charge is 2.57. The van der Waals surface area contributed by atoms with Crippen LogP contribution in [-0.4, -0.2) is 256 Å². The van der Waals surface area contributed by atoms with E-state index in [-0.39, 0.29) is 17.1 Å². The molecule has 0 unspecified atom stereocenters. The van der Waals surface area contributed by atoms with Crippen molar-refractivity contribution in [3.05, 3.63) is 46.6 Å². The molecule has 0 spiro atoms. The molecule has 2 aromatic carbocycles. The van der Waals surface area contributed by atoms with Gasteiger partial charge in [-0.05, 0) is 25.1 Å². The van der Waals surface area contributed by atoms with E-state index >= 15 is 0 Å². The van der Waals surface area contributed by atoms with E-state index in [0.29, 0.717) is 6.07 Å². The van der Waals surface area contributed by atoms with Crippen molar-refractivity contribution in [3.8, 4) is 34.3 Å². The SMILES string of the molecule is COc1ccc(-c2cc(=O)c3c(O)cc(O[C@@H]4O[C@H](CO[C@@H]5O[C@@H](C)[C@H](OS(=O)(=O)[O][Al])[C@@H](OS(=O)(=O)[O][Al])[C@H]5OS(=O)(=O)[O][Al])[C@@H](OS(=O)(=O)[O][Al])[C@H](OS(=O)(=O)[O][Al])[C@H]4OS(=O)(=O)[O][Al])cc3o2)cc1OS(=O)(=O)[O][Al]. The van der Waals surface area contributed by atoms with Gasteiger partial charge >= 0.3 is 189 Å². The van der Waals surface area contributed by atoms with E-state index in [1.807, 2.05) is 0 Å². The maximum atomic E-state index is 13.5. The quantitative estimate of drug-likeness (QED) is 0.0662. The largest absolute Gasteiger partial charge is 0.507 e. The normalized spacial score (nSPS) is 24.8. The molecule has 416 valence electrons. The molecule has 78 heavy (non-hydrogen) atoms. The molecule has 1 N–H and O–H groups in total. The third kappa shape index (κ3) is 18.3. The highest BCUT2D eigenvalue weighted by atomic mass is 32.3. The van der Waals surface area contributed by atoms with Crippen molar-refractivity contribution in [1.29, 1.82) is 0 Å². The van der Waals surface area contributed by atoms with E-state index in [4.69, 9.17) is 57.4 Å². The molecule has 1 aromatic heterocycles. The van der Waals surface area contributed by atoms with E-state index in [1.54, 1.807) is 0 Å². The van der Waals surface area contributed by atoms with Crippen molar-refractivity contribution >= 4 is 200 Å². The van der Waals surface area contributed by atoms with Crippen molar-refractivity contribution in [2.75, 3.05) is 13.7 Å². The summed E-state index contributed by atoms with van der Waals surface area (Å²) in [5.41, 5.74) is -1.64. The second-order valence-electron chi connectivity index (χ2n) is 14.3. The van der Waals surface area contributed by atoms with Gasteiger partial charge in [0.2, 0.25) is 6.29 Å². The van der Waals surface area contributed by atoms with Gasteiger partial charge in [0.1, 0.15) is 58.7 Å². The molecule has 2 aliphatic heterocycles. The zero-order valence-corrected chi connectivity index (χ0v) is 51.9. The Morgan fingerprint density at radius 1 is 0.526 bits per heavy atom. The lowest BCUT2D eigenvalue weighted by molar-refractivity contribution is -0.305. The fourth-order valence-corrected chi connectivity index (χ4v) is 11.2. The minimum Gasteiger partial charge on any atom is -0.507 e. The average Bonchev–Trinajstić information content (AvgIpc) is 3.40. The van der Waals surface area contributed by atoms with E-state index < -0.39 is 174 Å². The van der Waals surface area contributed by atoms with Crippen molar-refractivity contribution in [2.45, 2.75) is 68.3 Å². The van der Waals surface area contributed by atoms with Crippen LogP contribution < -0.4 is 19.1 Å². The van der Waals surface area contributed by atoms with Crippen LogP contribution in [-0.2, 0) is 135 Å². The standard InChI is InChI=1S/C28H32O36S7.7Al/c1-10-21(59-66(34,35)36)23(61-68(40,41)42)25(63-70(46,47)48)27(54-10)53-9-19-22(60-67(37,38)39)24(62-69(43,44)45)26(64-71(49,50)51)28(57-19)55-12-6-13(29)20-14(30)8-16(56-18(20)7-12)11-3-4-15(52-2)17(5-11)58-65(31,32)33;;;;;;;/h3-8,10,19,21-29H,9H2,1-2H3,(H,31,32,33)(H,34,35,36)(H,37,38,39)(H,40,41,42)(H,43,44,45)(H,46,47,48)(H,49,50,51);;;;;;;/q;7*+1/p-7/t10-,19+,21-,22+,23+,24-,25+,26+,27+,28+;;;;;;;/m0......./s1. The fourth-order valence-electron chi connectivity index (χ4n) is 6.64. The van der Waals surface area contributed by atoms with E-state index in [2.05, 4.69) is 22.6 Å². The van der Waals surface area contributed by atoms with Gasteiger partial charge < -0.3 is 60.0 Å². The molecular formula is C28H25Al7O36S7. The summed E-state index contributed by atoms with van der Waals surface area (Å²) < 4.78 is 276. The van der Waals surface area contributed by atoms with Gasteiger partial charge in [0.25, 0.3) is 0 Å². The zero-order chi connectivity index (χ0) is 58.6. The smallest absolute Gasteiger partial charge is 0.419 e. The van der Waals surface area contributed by atoms with Gasteiger partial charge in [-0.3, -0.25) is 4.79 Å². The highest BCUT2D eigenvalue weighted by molar-refractivity contribution is 7.84. The maximum absolute atomic E-state index is 13.5. The first kappa shape index (κ1) is 68.4. The Hall–Kier alpha value is -0.413. The van der Waals surface area contributed by atoms with Crippen molar-refractivity contribution in [1.82, 2.24) is 0 Å². The number of benzene rings is 2. The molecule has 2 saturated heterocycles. The minimum absolute atomic E-state index is 0.0841. The van der Waals surface area contributed by atoms with Crippen LogP contribution in [0.4, 0.5) is 0 Å². The Balaban J connectivity index is 1.70. The fraction of sp³-hybridized carbons (Fsp3) is 0.464. The van der Waals surface area contributed by atoms with Crippen molar-refractivity contribution < 1.29 is 144 Å². The van der Waals surface area contributed by atoms with Crippen LogP contribution in [0.25, 0.3) is 22.3 Å². The minimum atomic E-state index is -5.51. The molecule has 10 atom stereocenters. The summed E-state index contributed by atoms with van der Waals surface area (Å²) in [4.78, 5) is 13.5. The van der Waals surface area contributed by atoms with Crippen LogP contribution in [0.15, 0.2) is 45.6 Å². The van der Waals surface area contributed by atoms with Gasteiger partial charge in [0.15, 0.2) is 35.4 Å². The Morgan fingerprint density at radius 3 is 1.46 bits per heavy atom. The first-order valence-corrected chi connectivity index (χ1v) is 32.0. The number of fused-ring (bicyclic) bond motifs is 1. The summed E-state index contributed by atoms with van der Waals surface area (Å²) in [6.07, 6.45) is -25.1. The topological polar surface area (TPSA) is 465 Å². The van der Waals surface area contributed by atoms with Crippen LogP contribution in [0.3, 0.4) is 0 Å². The number of rotatable bonds is 28.